The van der Waals surface area contributed by atoms with E-state index in [1.54, 1.807) is 28.9 Å². The molecular formula is C71H85ClF3N11O11S3. The monoisotopic (exact) mass is 1460 g/mol. The Bertz CT molecular complexity index is 4140. The number of piperidine rings is 1. The molecule has 100 heavy (non-hydrogen) atoms. The molecule has 0 bridgehead atoms. The van der Waals surface area contributed by atoms with Gasteiger partial charge in [0.05, 0.1) is 54.3 Å². The summed E-state index contributed by atoms with van der Waals surface area (Å²) in [7, 11) is -9.10. The first-order valence-electron chi connectivity index (χ1n) is 33.6. The number of benzene rings is 5. The maximum absolute atomic E-state index is 14.5. The van der Waals surface area contributed by atoms with Gasteiger partial charge in [-0.2, -0.15) is 13.2 Å². The predicted molar refractivity (Wildman–Crippen MR) is 377 cm³/mol. The van der Waals surface area contributed by atoms with Gasteiger partial charge in [-0.3, -0.25) is 43.8 Å². The van der Waals surface area contributed by atoms with Gasteiger partial charge in [-0.15, -0.1) is 16.9 Å². The largest absolute Gasteiger partial charge is 0.501 e. The van der Waals surface area contributed by atoms with Crippen LogP contribution in [0.3, 0.4) is 0 Å². The molecule has 2 atom stereocenters. The Morgan fingerprint density at radius 2 is 1.55 bits per heavy atom. The second kappa shape index (κ2) is 33.9. The minimum absolute atomic E-state index is 0.0235. The lowest BCUT2D eigenvalue weighted by Crippen LogP contribution is -2.54. The van der Waals surface area contributed by atoms with E-state index in [9.17, 15) is 54.0 Å². The van der Waals surface area contributed by atoms with Gasteiger partial charge in [0.25, 0.3) is 37.6 Å². The smallest absolute Gasteiger partial charge is 0.382 e. The Morgan fingerprint density at radius 1 is 0.820 bits per heavy atom. The van der Waals surface area contributed by atoms with Crippen molar-refractivity contribution in [3.05, 3.63) is 160 Å². The molecule has 5 amide bonds. The molecule has 22 nitrogen and oxygen atoms in total. The summed E-state index contributed by atoms with van der Waals surface area (Å²) in [6.07, 6.45) is 10.0. The number of anilines is 3. The van der Waals surface area contributed by atoms with Crippen molar-refractivity contribution in [3.63, 3.8) is 0 Å². The predicted octanol–water partition coefficient (Wildman–Crippen LogP) is 10.7. The van der Waals surface area contributed by atoms with E-state index in [-0.39, 0.29) is 54.8 Å². The average molecular weight is 1460 g/mol. The molecule has 0 saturated carbocycles. The van der Waals surface area contributed by atoms with E-state index in [1.165, 1.54) is 46.7 Å². The third-order valence-corrected chi connectivity index (χ3v) is 22.6. The maximum Gasteiger partial charge on any atom is 0.501 e. The van der Waals surface area contributed by atoms with Crippen LogP contribution in [0.5, 0.6) is 0 Å². The van der Waals surface area contributed by atoms with E-state index in [0.29, 0.717) is 60.9 Å². The SMILES string of the molecule is CN(CCCCCCCn1cc(COCCOCCNc2cccc3c2C(=O)N(C2CCC(=O)NC2=O)C3=O)nn1)CC[C@H](CSc1ccccc1)Nc1ccc(S(=O)(=O)NC(=O)c2ccc(N3CCN(CC4=C(c5ccc(Cl)cc5)CC(C)(C)CC4)CC3)cc2)cc1S(=O)(=O)C(F)(F)F. The first-order chi connectivity index (χ1) is 47.8. The molecule has 0 spiro atoms. The van der Waals surface area contributed by atoms with Crippen LogP contribution in [0.1, 0.15) is 127 Å². The van der Waals surface area contributed by atoms with Crippen LogP contribution in [-0.4, -0.2) is 179 Å². The number of fused-ring (bicyclic) bond motifs is 1. The van der Waals surface area contributed by atoms with E-state index in [0.717, 1.165) is 118 Å². The van der Waals surface area contributed by atoms with Gasteiger partial charge >= 0.3 is 5.51 Å². The van der Waals surface area contributed by atoms with Crippen LogP contribution in [0, 0.1) is 5.41 Å². The number of nitrogens with one attached hydrogen (secondary N) is 4. The van der Waals surface area contributed by atoms with Crippen LogP contribution in [0.2, 0.25) is 5.02 Å². The van der Waals surface area contributed by atoms with Gasteiger partial charge in [0.2, 0.25) is 11.8 Å². The third kappa shape index (κ3) is 19.7. The summed E-state index contributed by atoms with van der Waals surface area (Å²) in [4.78, 5) is 70.6. The quantitative estimate of drug-likeness (QED) is 0.0166. The van der Waals surface area contributed by atoms with Crippen molar-refractivity contribution < 1.29 is 63.5 Å². The molecule has 1 aliphatic carbocycles. The van der Waals surface area contributed by atoms with Crippen LogP contribution in [0.15, 0.2) is 142 Å². The van der Waals surface area contributed by atoms with Gasteiger partial charge in [0, 0.05) is 90.9 Å². The zero-order valence-electron chi connectivity index (χ0n) is 56.2. The van der Waals surface area contributed by atoms with Crippen LogP contribution >= 0.6 is 23.4 Å². The fraction of sp³-hybridized carbons (Fsp3) is 0.451. The first kappa shape index (κ1) is 75.0. The topological polar surface area (TPSA) is 264 Å². The summed E-state index contributed by atoms with van der Waals surface area (Å²) in [5.74, 6) is -3.02. The van der Waals surface area contributed by atoms with E-state index in [4.69, 9.17) is 21.1 Å². The number of hydrogen-bond acceptors (Lipinski definition) is 19. The Hall–Kier alpha value is -7.70. The second-order valence-corrected chi connectivity index (χ2v) is 31.5. The number of allylic oxidation sites excluding steroid dienone is 1. The van der Waals surface area contributed by atoms with Gasteiger partial charge in [-0.05, 0) is 160 Å². The molecule has 29 heteroatoms. The molecule has 4 N–H and O–H groups in total. The summed E-state index contributed by atoms with van der Waals surface area (Å²) in [5, 5.41) is 17.5. The number of aryl methyl sites for hydroxylation is 1. The molecule has 6 aromatic rings. The molecular weight excluding hydrogens is 1370 g/mol. The van der Waals surface area contributed by atoms with Gasteiger partial charge in [0.15, 0.2) is 0 Å². The molecule has 2 saturated heterocycles. The number of carbonyl (C=O) groups excluding carboxylic acids is 5. The van der Waals surface area contributed by atoms with Gasteiger partial charge in [0.1, 0.15) is 16.6 Å². The number of sulfone groups is 1. The maximum atomic E-state index is 14.5. The molecule has 536 valence electrons. The zero-order chi connectivity index (χ0) is 71.2. The summed E-state index contributed by atoms with van der Waals surface area (Å²) < 4.78 is 113. The summed E-state index contributed by atoms with van der Waals surface area (Å²) in [6, 6.07) is 29.4. The van der Waals surface area contributed by atoms with E-state index >= 15 is 0 Å². The number of piperazine rings is 1. The highest BCUT2D eigenvalue weighted by atomic mass is 35.5. The fourth-order valence-corrected chi connectivity index (χ4v) is 15.9. The number of sulfonamides is 1. The summed E-state index contributed by atoms with van der Waals surface area (Å²) in [5.41, 5.74) is 0.252. The number of hydrogen-bond donors (Lipinski definition) is 4. The van der Waals surface area contributed by atoms with Crippen molar-refractivity contribution in [2.75, 3.05) is 101 Å². The van der Waals surface area contributed by atoms with Gasteiger partial charge < -0.3 is 29.9 Å². The number of carbonyl (C=O) groups is 5. The lowest BCUT2D eigenvalue weighted by molar-refractivity contribution is -0.136. The van der Waals surface area contributed by atoms with Crippen molar-refractivity contribution in [3.8, 4) is 0 Å². The summed E-state index contributed by atoms with van der Waals surface area (Å²) in [6.45, 7) is 11.8. The van der Waals surface area contributed by atoms with E-state index < -0.39 is 82.5 Å². The second-order valence-electron chi connectivity index (χ2n) is 26.3. The number of imide groups is 2. The molecule has 4 aliphatic rings. The van der Waals surface area contributed by atoms with Crippen molar-refractivity contribution in [2.45, 2.75) is 130 Å². The Balaban J connectivity index is 0.644. The highest BCUT2D eigenvalue weighted by Gasteiger charge is 2.49. The number of amides is 5. The van der Waals surface area contributed by atoms with Crippen molar-refractivity contribution in [1.29, 1.82) is 0 Å². The minimum atomic E-state index is -6.13. The molecule has 2 fully saturated rings. The number of thioether (sulfide) groups is 1. The number of alkyl halides is 3. The van der Waals surface area contributed by atoms with Gasteiger partial charge in [-0.1, -0.05) is 91.9 Å². The standard InChI is InChI=1S/C71H85ClF3N11O11S3/c1-70(2)31-29-51(59(44-70)49-17-21-52(72)22-18-49)45-83-36-38-84(39-37-83)55-23-19-50(20-24-55)66(88)80-100(94,95)57-25-26-60(63(43-57)99(92,93)71(73,74)75)77-53(48-98-56-13-8-7-9-14-56)30-35-82(3)33-10-5-4-6-11-34-85-46-54(79-81-85)47-97-42-41-96-40-32-76-61-16-12-15-58-65(61)69(91)86(68(58)90)62-27-28-64(87)78-67(62)89/h7-9,12-26,43,46,53,62,76-77H,4-6,10-11,27-42,44-45,47-48H2,1-3H3,(H,80,88)(H,78,87,89)/t53-,62?/m1/s1. The van der Waals surface area contributed by atoms with Crippen molar-refractivity contribution in [2.24, 2.45) is 5.41 Å². The fourth-order valence-electron chi connectivity index (χ4n) is 12.7. The average Bonchev–Trinajstić information content (AvgIpc) is 1.47. The van der Waals surface area contributed by atoms with Crippen LogP contribution in [0.25, 0.3) is 5.57 Å². The van der Waals surface area contributed by atoms with Crippen molar-refractivity contribution in [1.82, 2.24) is 39.7 Å². The number of nitrogens with zero attached hydrogens (tertiary/aromatic N) is 7. The van der Waals surface area contributed by atoms with Crippen LogP contribution in [0.4, 0.5) is 30.2 Å². The molecule has 5 aromatic carbocycles. The molecule has 0 radical (unpaired) electrons. The highest BCUT2D eigenvalue weighted by molar-refractivity contribution is 7.99. The third-order valence-electron chi connectivity index (χ3n) is 18.3. The summed E-state index contributed by atoms with van der Waals surface area (Å²) >= 11 is 7.66. The molecule has 4 heterocycles. The van der Waals surface area contributed by atoms with Gasteiger partial charge in [-0.25, -0.2) is 21.6 Å². The van der Waals surface area contributed by atoms with Crippen LogP contribution in [-0.2, 0) is 52.1 Å². The molecule has 3 aliphatic heterocycles. The normalized spacial score (nSPS) is 17.2. The molecule has 1 unspecified atom stereocenters. The highest BCUT2D eigenvalue weighted by Crippen LogP contribution is 2.44. The number of unbranched alkanes of at least 4 members (excludes halogenated alkanes) is 4. The van der Waals surface area contributed by atoms with E-state index in [1.807, 2.05) is 60.4 Å². The zero-order valence-corrected chi connectivity index (χ0v) is 59.4. The lowest BCUT2D eigenvalue weighted by Gasteiger charge is -2.39. The first-order valence-corrected chi connectivity index (χ1v) is 38.0. The number of ether oxygens (including phenoxy) is 2. The van der Waals surface area contributed by atoms with E-state index in [2.05, 4.69) is 66.9 Å². The number of halogens is 4. The lowest BCUT2D eigenvalue weighted by atomic mass is 9.72. The minimum Gasteiger partial charge on any atom is -0.382 e. The molecule has 10 rings (SSSR count). The number of aromatic nitrogens is 3. The van der Waals surface area contributed by atoms with Crippen molar-refractivity contribution >= 4 is 95.4 Å². The number of rotatable bonds is 34. The molecule has 1 aromatic heterocycles. The Kier molecular flexibility index (Phi) is 25.4. The Labute approximate surface area is 591 Å². The van der Waals surface area contributed by atoms with Crippen LogP contribution < -0.4 is 25.6 Å². The Morgan fingerprint density at radius 3 is 2.29 bits per heavy atom.